The minimum Gasteiger partial charge on any atom is -0.324 e. The van der Waals surface area contributed by atoms with Gasteiger partial charge in [0.15, 0.2) is 11.6 Å². The Hall–Kier alpha value is -1.16. The summed E-state index contributed by atoms with van der Waals surface area (Å²) in [6.07, 6.45) is 0.118. The van der Waals surface area contributed by atoms with Crippen molar-refractivity contribution in [2.75, 3.05) is 0 Å². The van der Waals surface area contributed by atoms with Crippen LogP contribution in [0, 0.1) is 11.6 Å². The first-order valence-corrected chi connectivity index (χ1v) is 6.38. The number of benzene rings is 2. The van der Waals surface area contributed by atoms with Crippen LogP contribution in [0.25, 0.3) is 0 Å². The van der Waals surface area contributed by atoms with E-state index in [1.54, 1.807) is 18.2 Å². The summed E-state index contributed by atoms with van der Waals surface area (Å²) in [6, 6.07) is 8.40. The average Bonchev–Trinajstić information content (AvgIpc) is 2.35. The third-order valence-electron chi connectivity index (χ3n) is 2.84. The van der Waals surface area contributed by atoms with Gasteiger partial charge in [0.05, 0.1) is 0 Å². The Bertz CT molecular complexity index is 582. The molecule has 0 aliphatic carbocycles. The van der Waals surface area contributed by atoms with E-state index >= 15 is 0 Å². The molecule has 0 fully saturated rings. The van der Waals surface area contributed by atoms with Crippen molar-refractivity contribution in [2.45, 2.75) is 12.5 Å². The van der Waals surface area contributed by atoms with Gasteiger partial charge in [0.1, 0.15) is 0 Å². The molecular weight excluding hydrogens is 291 g/mol. The summed E-state index contributed by atoms with van der Waals surface area (Å²) in [5.41, 5.74) is 6.72. The maximum absolute atomic E-state index is 13.6. The van der Waals surface area contributed by atoms with E-state index in [0.717, 1.165) is 6.07 Å². The Morgan fingerprint density at radius 2 is 1.58 bits per heavy atom. The SMILES string of the molecule is NC(Cc1cccc(F)c1F)c1c(Cl)cccc1Cl. The summed E-state index contributed by atoms with van der Waals surface area (Å²) in [6.45, 7) is 0. The molecule has 1 nitrogen and oxygen atoms in total. The lowest BCUT2D eigenvalue weighted by Crippen LogP contribution is -2.15. The van der Waals surface area contributed by atoms with Crippen LogP contribution < -0.4 is 5.73 Å². The number of hydrogen-bond acceptors (Lipinski definition) is 1. The molecule has 5 heteroatoms. The number of halogens is 4. The van der Waals surface area contributed by atoms with Gasteiger partial charge >= 0.3 is 0 Å². The van der Waals surface area contributed by atoms with Crippen molar-refractivity contribution in [1.82, 2.24) is 0 Å². The molecule has 2 rings (SSSR count). The lowest BCUT2D eigenvalue weighted by Gasteiger charge is -2.16. The number of hydrogen-bond donors (Lipinski definition) is 1. The van der Waals surface area contributed by atoms with E-state index in [0.29, 0.717) is 15.6 Å². The van der Waals surface area contributed by atoms with Crippen LogP contribution >= 0.6 is 23.2 Å². The van der Waals surface area contributed by atoms with E-state index in [-0.39, 0.29) is 12.0 Å². The molecule has 0 radical (unpaired) electrons. The third kappa shape index (κ3) is 3.06. The highest BCUT2D eigenvalue weighted by atomic mass is 35.5. The Morgan fingerprint density at radius 3 is 2.21 bits per heavy atom. The largest absolute Gasteiger partial charge is 0.324 e. The highest BCUT2D eigenvalue weighted by molar-refractivity contribution is 6.36. The summed E-state index contributed by atoms with van der Waals surface area (Å²) >= 11 is 12.1. The van der Waals surface area contributed by atoms with Crippen molar-refractivity contribution < 1.29 is 8.78 Å². The monoisotopic (exact) mass is 301 g/mol. The molecule has 0 bridgehead atoms. The molecule has 0 aliphatic rings. The molecule has 0 aliphatic heterocycles. The Kier molecular flexibility index (Phi) is 4.40. The van der Waals surface area contributed by atoms with Crippen LogP contribution in [0.5, 0.6) is 0 Å². The smallest absolute Gasteiger partial charge is 0.162 e. The van der Waals surface area contributed by atoms with Crippen LogP contribution in [0.2, 0.25) is 10.0 Å². The molecule has 0 spiro atoms. The van der Waals surface area contributed by atoms with E-state index in [4.69, 9.17) is 28.9 Å². The Morgan fingerprint density at radius 1 is 1.00 bits per heavy atom. The van der Waals surface area contributed by atoms with Gasteiger partial charge < -0.3 is 5.73 Å². The van der Waals surface area contributed by atoms with E-state index in [1.807, 2.05) is 0 Å². The van der Waals surface area contributed by atoms with E-state index in [2.05, 4.69) is 0 Å². The molecule has 0 saturated carbocycles. The summed E-state index contributed by atoms with van der Waals surface area (Å²) in [4.78, 5) is 0. The van der Waals surface area contributed by atoms with Gasteiger partial charge in [0.2, 0.25) is 0 Å². The molecule has 2 aromatic rings. The van der Waals surface area contributed by atoms with Gasteiger partial charge in [0.25, 0.3) is 0 Å². The van der Waals surface area contributed by atoms with Gasteiger partial charge in [-0.3, -0.25) is 0 Å². The highest BCUT2D eigenvalue weighted by Gasteiger charge is 2.17. The zero-order valence-electron chi connectivity index (χ0n) is 9.84. The van der Waals surface area contributed by atoms with Gasteiger partial charge in [-0.2, -0.15) is 0 Å². The third-order valence-corrected chi connectivity index (χ3v) is 3.50. The first kappa shape index (κ1) is 14.3. The van der Waals surface area contributed by atoms with Crippen LogP contribution in [0.3, 0.4) is 0 Å². The molecule has 2 aromatic carbocycles. The molecule has 0 aromatic heterocycles. The maximum Gasteiger partial charge on any atom is 0.162 e. The Labute approximate surface area is 119 Å². The highest BCUT2D eigenvalue weighted by Crippen LogP contribution is 2.31. The van der Waals surface area contributed by atoms with E-state index in [1.165, 1.54) is 12.1 Å². The van der Waals surface area contributed by atoms with Crippen LogP contribution in [0.15, 0.2) is 36.4 Å². The number of rotatable bonds is 3. The van der Waals surface area contributed by atoms with Gasteiger partial charge in [-0.15, -0.1) is 0 Å². The maximum atomic E-state index is 13.6. The minimum atomic E-state index is -0.894. The van der Waals surface area contributed by atoms with Crippen molar-refractivity contribution in [3.8, 4) is 0 Å². The van der Waals surface area contributed by atoms with Gasteiger partial charge in [-0.05, 0) is 30.2 Å². The topological polar surface area (TPSA) is 26.0 Å². The molecule has 1 unspecified atom stereocenters. The second-order valence-electron chi connectivity index (χ2n) is 4.16. The zero-order chi connectivity index (χ0) is 14.0. The minimum absolute atomic E-state index is 0.118. The quantitative estimate of drug-likeness (QED) is 0.886. The molecule has 0 heterocycles. The summed E-state index contributed by atoms with van der Waals surface area (Å²) in [7, 11) is 0. The summed E-state index contributed by atoms with van der Waals surface area (Å²) < 4.78 is 26.7. The van der Waals surface area contributed by atoms with Crippen LogP contribution in [-0.4, -0.2) is 0 Å². The van der Waals surface area contributed by atoms with Crippen LogP contribution in [0.4, 0.5) is 8.78 Å². The standard InChI is InChI=1S/C14H11Cl2F2N/c15-9-4-2-5-10(16)13(9)12(19)7-8-3-1-6-11(17)14(8)18/h1-6,12H,7,19H2. The van der Waals surface area contributed by atoms with Gasteiger partial charge in [-0.1, -0.05) is 41.4 Å². The van der Waals surface area contributed by atoms with Gasteiger partial charge in [0, 0.05) is 21.7 Å². The number of nitrogens with two attached hydrogens (primary N) is 1. The molecule has 0 saturated heterocycles. The van der Waals surface area contributed by atoms with E-state index in [9.17, 15) is 8.78 Å². The molecule has 1 atom stereocenters. The summed E-state index contributed by atoms with van der Waals surface area (Å²) in [5, 5.41) is 0.827. The molecule has 0 amide bonds. The van der Waals surface area contributed by atoms with Gasteiger partial charge in [-0.25, -0.2) is 8.78 Å². The first-order valence-electron chi connectivity index (χ1n) is 5.63. The lowest BCUT2D eigenvalue weighted by molar-refractivity contribution is 0.494. The van der Waals surface area contributed by atoms with Crippen molar-refractivity contribution >= 4 is 23.2 Å². The second kappa shape index (κ2) is 5.87. The fourth-order valence-corrected chi connectivity index (χ4v) is 2.59. The average molecular weight is 302 g/mol. The van der Waals surface area contributed by atoms with Crippen molar-refractivity contribution in [1.29, 1.82) is 0 Å². The zero-order valence-corrected chi connectivity index (χ0v) is 11.3. The molecule has 19 heavy (non-hydrogen) atoms. The molecular formula is C14H11Cl2F2N. The van der Waals surface area contributed by atoms with Crippen molar-refractivity contribution in [3.05, 3.63) is 69.2 Å². The van der Waals surface area contributed by atoms with Crippen molar-refractivity contribution in [2.24, 2.45) is 5.73 Å². The predicted octanol–water partition coefficient (Wildman–Crippen LogP) is 4.51. The van der Waals surface area contributed by atoms with Crippen LogP contribution in [0.1, 0.15) is 17.2 Å². The van der Waals surface area contributed by atoms with E-state index < -0.39 is 17.7 Å². The Balaban J connectivity index is 2.31. The molecule has 2 N–H and O–H groups in total. The van der Waals surface area contributed by atoms with Crippen LogP contribution in [-0.2, 0) is 6.42 Å². The summed E-state index contributed by atoms with van der Waals surface area (Å²) in [5.74, 6) is -1.78. The fraction of sp³-hybridized carbons (Fsp3) is 0.143. The first-order chi connectivity index (χ1) is 9.00. The second-order valence-corrected chi connectivity index (χ2v) is 4.97. The predicted molar refractivity (Wildman–Crippen MR) is 73.5 cm³/mol. The molecule has 100 valence electrons. The fourth-order valence-electron chi connectivity index (χ4n) is 1.91. The lowest BCUT2D eigenvalue weighted by atomic mass is 9.99. The normalized spacial score (nSPS) is 12.5. The van der Waals surface area contributed by atoms with Crippen molar-refractivity contribution in [3.63, 3.8) is 0 Å².